The molecule has 0 radical (unpaired) electrons. The molecule has 0 aliphatic heterocycles. The molecule has 1 aromatic carbocycles. The summed E-state index contributed by atoms with van der Waals surface area (Å²) in [5.74, 6) is 0.706. The molecule has 0 fully saturated rings. The number of rotatable bonds is 4. The van der Waals surface area contributed by atoms with E-state index in [2.05, 4.69) is 19.9 Å². The van der Waals surface area contributed by atoms with E-state index in [1.54, 1.807) is 0 Å². The highest BCUT2D eigenvalue weighted by molar-refractivity contribution is 6.31. The summed E-state index contributed by atoms with van der Waals surface area (Å²) >= 11 is 6.07. The molecule has 1 rings (SSSR count). The number of halogens is 1. The summed E-state index contributed by atoms with van der Waals surface area (Å²) in [7, 11) is 0. The Morgan fingerprint density at radius 1 is 1.27 bits per heavy atom. The summed E-state index contributed by atoms with van der Waals surface area (Å²) in [5, 5.41) is 0.812. The Morgan fingerprint density at radius 2 is 1.93 bits per heavy atom. The number of hydrogen-bond acceptors (Lipinski definition) is 1. The second-order valence-electron chi connectivity index (χ2n) is 4.59. The fourth-order valence-electron chi connectivity index (χ4n) is 1.52. The fourth-order valence-corrected chi connectivity index (χ4v) is 1.71. The maximum atomic E-state index is 6.10. The van der Waals surface area contributed by atoms with E-state index < -0.39 is 0 Å². The van der Waals surface area contributed by atoms with Gasteiger partial charge in [-0.1, -0.05) is 37.6 Å². The van der Waals surface area contributed by atoms with Crippen LogP contribution < -0.4 is 5.73 Å². The molecule has 0 saturated heterocycles. The van der Waals surface area contributed by atoms with Gasteiger partial charge in [0.1, 0.15) is 0 Å². The molecule has 2 heteroatoms. The average molecular weight is 226 g/mol. The summed E-state index contributed by atoms with van der Waals surface area (Å²) < 4.78 is 0. The van der Waals surface area contributed by atoms with Gasteiger partial charge in [-0.2, -0.15) is 0 Å². The molecule has 1 atom stereocenters. The minimum Gasteiger partial charge on any atom is -0.324 e. The van der Waals surface area contributed by atoms with Crippen LogP contribution in [-0.2, 0) is 0 Å². The maximum Gasteiger partial charge on any atom is 0.0438 e. The monoisotopic (exact) mass is 225 g/mol. The molecular weight excluding hydrogens is 206 g/mol. The second-order valence-corrected chi connectivity index (χ2v) is 4.99. The van der Waals surface area contributed by atoms with E-state index in [9.17, 15) is 0 Å². The third kappa shape index (κ3) is 3.84. The Hall–Kier alpha value is -0.530. The van der Waals surface area contributed by atoms with Crippen LogP contribution in [0.5, 0.6) is 0 Å². The molecule has 0 aliphatic rings. The highest BCUT2D eigenvalue weighted by Gasteiger charge is 2.08. The molecule has 0 heterocycles. The normalized spacial score (nSPS) is 13.2. The zero-order valence-electron chi connectivity index (χ0n) is 9.76. The molecule has 0 aromatic heterocycles. The molecule has 0 saturated carbocycles. The molecule has 1 aromatic rings. The second kappa shape index (κ2) is 5.53. The third-order valence-corrected chi connectivity index (χ3v) is 3.09. The first-order valence-electron chi connectivity index (χ1n) is 5.52. The SMILES string of the molecule is Cc1ccc(C(N)CCC(C)C)cc1Cl. The van der Waals surface area contributed by atoms with Crippen molar-refractivity contribution in [3.8, 4) is 0 Å². The smallest absolute Gasteiger partial charge is 0.0438 e. The van der Waals surface area contributed by atoms with Crippen molar-refractivity contribution in [3.63, 3.8) is 0 Å². The van der Waals surface area contributed by atoms with Gasteiger partial charge < -0.3 is 5.73 Å². The van der Waals surface area contributed by atoms with Crippen molar-refractivity contribution in [1.29, 1.82) is 0 Å². The Kier molecular flexibility index (Phi) is 4.62. The summed E-state index contributed by atoms with van der Waals surface area (Å²) in [4.78, 5) is 0. The van der Waals surface area contributed by atoms with Gasteiger partial charge in [0, 0.05) is 11.1 Å². The van der Waals surface area contributed by atoms with Crippen LogP contribution >= 0.6 is 11.6 Å². The van der Waals surface area contributed by atoms with Crippen LogP contribution in [-0.4, -0.2) is 0 Å². The highest BCUT2D eigenvalue weighted by Crippen LogP contribution is 2.23. The zero-order chi connectivity index (χ0) is 11.4. The van der Waals surface area contributed by atoms with E-state index in [0.29, 0.717) is 5.92 Å². The van der Waals surface area contributed by atoms with Crippen molar-refractivity contribution >= 4 is 11.6 Å². The summed E-state index contributed by atoms with van der Waals surface area (Å²) in [6.45, 7) is 6.44. The molecule has 1 unspecified atom stereocenters. The van der Waals surface area contributed by atoms with Crippen LogP contribution in [0.1, 0.15) is 43.9 Å². The van der Waals surface area contributed by atoms with E-state index in [4.69, 9.17) is 17.3 Å². The number of benzene rings is 1. The van der Waals surface area contributed by atoms with Gasteiger partial charge in [0.25, 0.3) is 0 Å². The Balaban J connectivity index is 2.65. The van der Waals surface area contributed by atoms with Crippen LogP contribution in [0, 0.1) is 12.8 Å². The van der Waals surface area contributed by atoms with Gasteiger partial charge in [0.15, 0.2) is 0 Å². The zero-order valence-corrected chi connectivity index (χ0v) is 10.5. The average Bonchev–Trinajstić information content (AvgIpc) is 2.18. The highest BCUT2D eigenvalue weighted by atomic mass is 35.5. The molecule has 84 valence electrons. The lowest BCUT2D eigenvalue weighted by Crippen LogP contribution is -2.11. The summed E-state index contributed by atoms with van der Waals surface area (Å²) in [6, 6.07) is 6.21. The Bertz CT molecular complexity index is 320. The van der Waals surface area contributed by atoms with Crippen molar-refractivity contribution in [2.45, 2.75) is 39.7 Å². The van der Waals surface area contributed by atoms with Gasteiger partial charge in [-0.15, -0.1) is 0 Å². The molecule has 2 N–H and O–H groups in total. The minimum atomic E-state index is 0.116. The van der Waals surface area contributed by atoms with Crippen molar-refractivity contribution in [3.05, 3.63) is 34.3 Å². The first-order valence-corrected chi connectivity index (χ1v) is 5.90. The van der Waals surface area contributed by atoms with Gasteiger partial charge in [-0.05, 0) is 42.9 Å². The van der Waals surface area contributed by atoms with Crippen molar-refractivity contribution < 1.29 is 0 Å². The van der Waals surface area contributed by atoms with Crippen LogP contribution in [0.3, 0.4) is 0 Å². The van der Waals surface area contributed by atoms with Gasteiger partial charge in [-0.25, -0.2) is 0 Å². The summed E-state index contributed by atoms with van der Waals surface area (Å²) in [5.41, 5.74) is 8.36. The van der Waals surface area contributed by atoms with E-state index >= 15 is 0 Å². The summed E-state index contributed by atoms with van der Waals surface area (Å²) in [6.07, 6.45) is 2.18. The largest absolute Gasteiger partial charge is 0.324 e. The Labute approximate surface area is 97.6 Å². The first kappa shape index (κ1) is 12.5. The molecule has 1 nitrogen and oxygen atoms in total. The van der Waals surface area contributed by atoms with E-state index in [1.165, 1.54) is 0 Å². The van der Waals surface area contributed by atoms with Crippen LogP contribution in [0.15, 0.2) is 18.2 Å². The van der Waals surface area contributed by atoms with Gasteiger partial charge >= 0.3 is 0 Å². The lowest BCUT2D eigenvalue weighted by Gasteiger charge is -2.14. The van der Waals surface area contributed by atoms with E-state index in [-0.39, 0.29) is 6.04 Å². The van der Waals surface area contributed by atoms with Crippen LogP contribution in [0.25, 0.3) is 0 Å². The molecule has 0 amide bonds. The molecule has 15 heavy (non-hydrogen) atoms. The van der Waals surface area contributed by atoms with Gasteiger partial charge in [-0.3, -0.25) is 0 Å². The number of aryl methyl sites for hydroxylation is 1. The quantitative estimate of drug-likeness (QED) is 0.821. The fraction of sp³-hybridized carbons (Fsp3) is 0.538. The Morgan fingerprint density at radius 3 is 2.47 bits per heavy atom. The first-order chi connectivity index (χ1) is 7.00. The number of nitrogens with two attached hydrogens (primary N) is 1. The standard InChI is InChI=1S/C13H20ClN/c1-9(2)4-7-13(15)11-6-5-10(3)12(14)8-11/h5-6,8-9,13H,4,7,15H2,1-3H3. The molecule has 0 spiro atoms. The predicted molar refractivity (Wildman–Crippen MR) is 67.2 cm³/mol. The van der Waals surface area contributed by atoms with Crippen LogP contribution in [0.4, 0.5) is 0 Å². The van der Waals surface area contributed by atoms with Crippen LogP contribution in [0.2, 0.25) is 5.02 Å². The van der Waals surface area contributed by atoms with E-state index in [1.807, 2.05) is 19.1 Å². The third-order valence-electron chi connectivity index (χ3n) is 2.68. The maximum absolute atomic E-state index is 6.10. The lowest BCUT2D eigenvalue weighted by molar-refractivity contribution is 0.507. The van der Waals surface area contributed by atoms with Gasteiger partial charge in [0.05, 0.1) is 0 Å². The number of hydrogen-bond donors (Lipinski definition) is 1. The predicted octanol–water partition coefficient (Wildman–Crippen LogP) is 4.08. The van der Waals surface area contributed by atoms with E-state index in [0.717, 1.165) is 29.0 Å². The van der Waals surface area contributed by atoms with Gasteiger partial charge in [0.2, 0.25) is 0 Å². The van der Waals surface area contributed by atoms with Crippen molar-refractivity contribution in [2.24, 2.45) is 11.7 Å². The molecular formula is C13H20ClN. The minimum absolute atomic E-state index is 0.116. The van der Waals surface area contributed by atoms with Crippen molar-refractivity contribution in [1.82, 2.24) is 0 Å². The van der Waals surface area contributed by atoms with Crippen molar-refractivity contribution in [2.75, 3.05) is 0 Å². The topological polar surface area (TPSA) is 26.0 Å². The lowest BCUT2D eigenvalue weighted by atomic mass is 9.98. The molecule has 0 aliphatic carbocycles. The molecule has 0 bridgehead atoms.